The maximum absolute atomic E-state index is 11.6. The third-order valence-electron chi connectivity index (χ3n) is 3.51. The third kappa shape index (κ3) is 2.66. The van der Waals surface area contributed by atoms with E-state index in [-0.39, 0.29) is 5.97 Å². The largest absolute Gasteiger partial charge is 0.465 e. The van der Waals surface area contributed by atoms with Gasteiger partial charge in [-0.1, -0.05) is 17.8 Å². The first-order valence-electron chi connectivity index (χ1n) is 6.46. The maximum atomic E-state index is 11.6. The molecule has 1 aliphatic carbocycles. The van der Waals surface area contributed by atoms with Crippen molar-refractivity contribution in [2.75, 3.05) is 25.1 Å². The molecule has 0 N–H and O–H groups in total. The summed E-state index contributed by atoms with van der Waals surface area (Å²) in [6.45, 7) is 5.99. The Morgan fingerprint density at radius 1 is 1.56 bits per heavy atom. The standard InChI is InChI=1S/C13H20N2O2S/c1-4-15(8-10-6-5-7-10)13-14-9(2)11(18-13)12(16)17-3/h10H,4-8H2,1-3H3. The number of carbonyl (C=O) groups is 1. The minimum absolute atomic E-state index is 0.282. The number of thiazole rings is 1. The molecule has 0 spiro atoms. The average molecular weight is 268 g/mol. The molecule has 0 unspecified atom stereocenters. The van der Waals surface area contributed by atoms with E-state index in [9.17, 15) is 4.79 Å². The number of nitrogens with zero attached hydrogens (tertiary/aromatic N) is 2. The van der Waals surface area contributed by atoms with E-state index in [1.807, 2.05) is 6.92 Å². The second-order valence-electron chi connectivity index (χ2n) is 4.74. The molecule has 0 aromatic carbocycles. The molecule has 1 aromatic rings. The van der Waals surface area contributed by atoms with Crippen LogP contribution in [0.3, 0.4) is 0 Å². The highest BCUT2D eigenvalue weighted by atomic mass is 32.1. The van der Waals surface area contributed by atoms with Crippen molar-refractivity contribution < 1.29 is 9.53 Å². The molecule has 1 heterocycles. The molecule has 1 saturated carbocycles. The van der Waals surface area contributed by atoms with E-state index in [0.717, 1.165) is 29.8 Å². The van der Waals surface area contributed by atoms with Crippen LogP contribution in [0.15, 0.2) is 0 Å². The van der Waals surface area contributed by atoms with Gasteiger partial charge in [0.15, 0.2) is 5.13 Å². The molecule has 4 nitrogen and oxygen atoms in total. The summed E-state index contributed by atoms with van der Waals surface area (Å²) in [6, 6.07) is 0. The van der Waals surface area contributed by atoms with Gasteiger partial charge in [-0.3, -0.25) is 0 Å². The monoisotopic (exact) mass is 268 g/mol. The molecular weight excluding hydrogens is 248 g/mol. The summed E-state index contributed by atoms with van der Waals surface area (Å²) < 4.78 is 4.77. The predicted octanol–water partition coefficient (Wildman–Crippen LogP) is 2.86. The van der Waals surface area contributed by atoms with Gasteiger partial charge in [0, 0.05) is 13.1 Å². The Bertz CT molecular complexity index is 427. The molecule has 1 aromatic heterocycles. The highest BCUT2D eigenvalue weighted by Crippen LogP contribution is 2.31. The van der Waals surface area contributed by atoms with Gasteiger partial charge in [-0.25, -0.2) is 9.78 Å². The number of hydrogen-bond donors (Lipinski definition) is 0. The quantitative estimate of drug-likeness (QED) is 0.770. The van der Waals surface area contributed by atoms with Crippen LogP contribution in [-0.4, -0.2) is 31.2 Å². The first-order chi connectivity index (χ1) is 8.65. The van der Waals surface area contributed by atoms with Crippen LogP contribution in [0.25, 0.3) is 0 Å². The highest BCUT2D eigenvalue weighted by molar-refractivity contribution is 7.17. The van der Waals surface area contributed by atoms with Crippen molar-refractivity contribution in [3.05, 3.63) is 10.6 Å². The first kappa shape index (κ1) is 13.3. The molecule has 2 rings (SSSR count). The smallest absolute Gasteiger partial charge is 0.350 e. The fourth-order valence-electron chi connectivity index (χ4n) is 2.13. The lowest BCUT2D eigenvalue weighted by Crippen LogP contribution is -2.32. The summed E-state index contributed by atoms with van der Waals surface area (Å²) in [4.78, 5) is 19.0. The number of hydrogen-bond acceptors (Lipinski definition) is 5. The fourth-order valence-corrected chi connectivity index (χ4v) is 3.19. The lowest BCUT2D eigenvalue weighted by Gasteiger charge is -2.31. The second kappa shape index (κ2) is 5.69. The van der Waals surface area contributed by atoms with Gasteiger partial charge in [0.05, 0.1) is 12.8 Å². The van der Waals surface area contributed by atoms with Gasteiger partial charge in [-0.2, -0.15) is 0 Å². The van der Waals surface area contributed by atoms with Crippen LogP contribution in [0.1, 0.15) is 41.6 Å². The number of esters is 1. The van der Waals surface area contributed by atoms with Gasteiger partial charge in [-0.05, 0) is 32.6 Å². The van der Waals surface area contributed by atoms with Crippen molar-refractivity contribution in [2.24, 2.45) is 5.92 Å². The highest BCUT2D eigenvalue weighted by Gasteiger charge is 2.23. The molecule has 0 atom stereocenters. The average Bonchev–Trinajstić information content (AvgIpc) is 2.69. The van der Waals surface area contributed by atoms with Crippen molar-refractivity contribution in [3.8, 4) is 0 Å². The third-order valence-corrected chi connectivity index (χ3v) is 4.71. The molecular formula is C13H20N2O2S. The Kier molecular flexibility index (Phi) is 4.22. The van der Waals surface area contributed by atoms with E-state index < -0.39 is 0 Å². The van der Waals surface area contributed by atoms with Gasteiger partial charge in [0.2, 0.25) is 0 Å². The maximum Gasteiger partial charge on any atom is 0.350 e. The molecule has 18 heavy (non-hydrogen) atoms. The number of rotatable bonds is 5. The lowest BCUT2D eigenvalue weighted by atomic mass is 9.85. The molecule has 100 valence electrons. The van der Waals surface area contributed by atoms with Crippen LogP contribution >= 0.6 is 11.3 Å². The molecule has 0 amide bonds. The van der Waals surface area contributed by atoms with Gasteiger partial charge in [-0.15, -0.1) is 0 Å². The molecule has 0 saturated heterocycles. The summed E-state index contributed by atoms with van der Waals surface area (Å²) in [7, 11) is 1.41. The van der Waals surface area contributed by atoms with E-state index in [2.05, 4.69) is 16.8 Å². The summed E-state index contributed by atoms with van der Waals surface area (Å²) in [5, 5.41) is 0.947. The Morgan fingerprint density at radius 3 is 2.78 bits per heavy atom. The molecule has 0 bridgehead atoms. The number of aryl methyl sites for hydroxylation is 1. The number of ether oxygens (including phenoxy) is 1. The summed E-state index contributed by atoms with van der Waals surface area (Å²) in [6.07, 6.45) is 4.00. The van der Waals surface area contributed by atoms with Crippen LogP contribution in [0.4, 0.5) is 5.13 Å². The number of aromatic nitrogens is 1. The van der Waals surface area contributed by atoms with Crippen LogP contribution in [0.2, 0.25) is 0 Å². The van der Waals surface area contributed by atoms with Crippen molar-refractivity contribution in [2.45, 2.75) is 33.1 Å². The number of carbonyl (C=O) groups excluding carboxylic acids is 1. The van der Waals surface area contributed by atoms with Crippen molar-refractivity contribution in [3.63, 3.8) is 0 Å². The zero-order chi connectivity index (χ0) is 13.1. The zero-order valence-corrected chi connectivity index (χ0v) is 12.0. The van der Waals surface area contributed by atoms with E-state index in [0.29, 0.717) is 4.88 Å². The van der Waals surface area contributed by atoms with Crippen molar-refractivity contribution in [1.82, 2.24) is 4.98 Å². The summed E-state index contributed by atoms with van der Waals surface area (Å²) in [5.74, 6) is 0.520. The first-order valence-corrected chi connectivity index (χ1v) is 7.28. The van der Waals surface area contributed by atoms with Crippen molar-refractivity contribution >= 4 is 22.4 Å². The normalized spacial score (nSPS) is 15.3. The van der Waals surface area contributed by atoms with E-state index in [1.165, 1.54) is 37.7 Å². The summed E-state index contributed by atoms with van der Waals surface area (Å²) in [5.41, 5.74) is 0.772. The number of methoxy groups -OCH3 is 1. The molecule has 5 heteroatoms. The molecule has 0 aliphatic heterocycles. The van der Waals surface area contributed by atoms with Gasteiger partial charge in [0.25, 0.3) is 0 Å². The topological polar surface area (TPSA) is 42.4 Å². The van der Waals surface area contributed by atoms with Crippen LogP contribution in [-0.2, 0) is 4.74 Å². The van der Waals surface area contributed by atoms with E-state index >= 15 is 0 Å². The fraction of sp³-hybridized carbons (Fsp3) is 0.692. The second-order valence-corrected chi connectivity index (χ2v) is 5.72. The van der Waals surface area contributed by atoms with E-state index in [4.69, 9.17) is 4.74 Å². The SMILES string of the molecule is CCN(CC1CCC1)c1nc(C)c(C(=O)OC)s1. The minimum atomic E-state index is -0.282. The Balaban J connectivity index is 2.12. The van der Waals surface area contributed by atoms with Gasteiger partial charge < -0.3 is 9.64 Å². The van der Waals surface area contributed by atoms with Gasteiger partial charge >= 0.3 is 5.97 Å². The molecule has 1 aliphatic rings. The van der Waals surface area contributed by atoms with Crippen LogP contribution in [0.5, 0.6) is 0 Å². The number of anilines is 1. The Hall–Kier alpha value is -1.10. The van der Waals surface area contributed by atoms with E-state index in [1.54, 1.807) is 0 Å². The summed E-state index contributed by atoms with van der Waals surface area (Å²) >= 11 is 1.44. The zero-order valence-electron chi connectivity index (χ0n) is 11.2. The minimum Gasteiger partial charge on any atom is -0.465 e. The predicted molar refractivity (Wildman–Crippen MR) is 73.4 cm³/mol. The Morgan fingerprint density at radius 2 is 2.28 bits per heavy atom. The molecule has 0 radical (unpaired) electrons. The van der Waals surface area contributed by atoms with Gasteiger partial charge in [0.1, 0.15) is 4.88 Å². The molecule has 1 fully saturated rings. The van der Waals surface area contributed by atoms with Crippen LogP contribution in [0, 0.1) is 12.8 Å². The lowest BCUT2D eigenvalue weighted by molar-refractivity contribution is 0.0605. The van der Waals surface area contributed by atoms with Crippen LogP contribution < -0.4 is 4.90 Å². The van der Waals surface area contributed by atoms with Crippen molar-refractivity contribution in [1.29, 1.82) is 0 Å². The Labute approximate surface area is 112 Å².